The maximum Gasteiger partial charge on any atom is 0.225 e. The van der Waals surface area contributed by atoms with Crippen LogP contribution < -0.4 is 0 Å². The molecule has 1 aromatic rings. The second kappa shape index (κ2) is 7.40. The van der Waals surface area contributed by atoms with E-state index in [0.29, 0.717) is 19.7 Å². The molecule has 1 amide bonds. The molecule has 1 aliphatic rings. The molecule has 1 aromatic carbocycles. The van der Waals surface area contributed by atoms with Crippen LogP contribution in [0.25, 0.3) is 0 Å². The number of morpholine rings is 1. The molecule has 0 aromatic heterocycles. The lowest BCUT2D eigenvalue weighted by molar-refractivity contribution is -0.141. The summed E-state index contributed by atoms with van der Waals surface area (Å²) in [5.41, 5.74) is 0.744. The molecular weight excluding hydrogens is 309 g/mol. The summed E-state index contributed by atoms with van der Waals surface area (Å²) in [6.45, 7) is 5.03. The van der Waals surface area contributed by atoms with Crippen molar-refractivity contribution < 1.29 is 19.0 Å². The Hall–Kier alpha value is -1.17. The summed E-state index contributed by atoms with van der Waals surface area (Å²) in [6.07, 6.45) is -0.866. The van der Waals surface area contributed by atoms with E-state index in [1.54, 1.807) is 11.0 Å². The second-order valence-corrected chi connectivity index (χ2v) is 6.30. The number of benzene rings is 1. The highest BCUT2D eigenvalue weighted by Crippen LogP contribution is 2.26. The summed E-state index contributed by atoms with van der Waals surface area (Å²) >= 11 is 5.79. The quantitative estimate of drug-likeness (QED) is 0.924. The topological polar surface area (TPSA) is 49.8 Å². The van der Waals surface area contributed by atoms with E-state index in [1.165, 1.54) is 12.1 Å². The minimum Gasteiger partial charge on any atom is -0.392 e. The van der Waals surface area contributed by atoms with Gasteiger partial charge in [0.15, 0.2) is 0 Å². The molecule has 2 unspecified atom stereocenters. The molecule has 1 N–H and O–H groups in total. The van der Waals surface area contributed by atoms with Gasteiger partial charge in [-0.15, -0.1) is 0 Å². The fourth-order valence-electron chi connectivity index (χ4n) is 2.33. The molecule has 0 saturated carbocycles. The SMILES string of the molecule is CC(C)C(O)CC(=O)N1CCOC(c2ccc(F)c(Cl)c2)C1. The van der Waals surface area contributed by atoms with Gasteiger partial charge in [0, 0.05) is 6.54 Å². The van der Waals surface area contributed by atoms with Crippen LogP contribution in [0.4, 0.5) is 4.39 Å². The van der Waals surface area contributed by atoms with Gasteiger partial charge >= 0.3 is 0 Å². The fraction of sp³-hybridized carbons (Fsp3) is 0.562. The molecule has 1 fully saturated rings. The lowest BCUT2D eigenvalue weighted by Crippen LogP contribution is -2.43. The Labute approximate surface area is 134 Å². The molecule has 0 aliphatic carbocycles. The molecular formula is C16H21ClFNO3. The molecule has 2 atom stereocenters. The van der Waals surface area contributed by atoms with Crippen molar-refractivity contribution in [3.63, 3.8) is 0 Å². The third-order valence-electron chi connectivity index (χ3n) is 3.89. The first-order chi connectivity index (χ1) is 10.4. The highest BCUT2D eigenvalue weighted by molar-refractivity contribution is 6.30. The molecule has 22 heavy (non-hydrogen) atoms. The van der Waals surface area contributed by atoms with E-state index in [0.717, 1.165) is 5.56 Å². The van der Waals surface area contributed by atoms with E-state index in [9.17, 15) is 14.3 Å². The first kappa shape index (κ1) is 17.2. The summed E-state index contributed by atoms with van der Waals surface area (Å²) in [5.74, 6) is -0.534. The zero-order valence-corrected chi connectivity index (χ0v) is 13.5. The van der Waals surface area contributed by atoms with Crippen LogP contribution in [-0.4, -0.2) is 41.7 Å². The van der Waals surface area contributed by atoms with Crippen molar-refractivity contribution in [3.8, 4) is 0 Å². The Morgan fingerprint density at radius 3 is 2.91 bits per heavy atom. The first-order valence-electron chi connectivity index (χ1n) is 7.41. The van der Waals surface area contributed by atoms with Crippen molar-refractivity contribution in [1.82, 2.24) is 4.90 Å². The Kier molecular flexibility index (Phi) is 5.78. The zero-order chi connectivity index (χ0) is 16.3. The number of carbonyl (C=O) groups is 1. The average molecular weight is 330 g/mol. The summed E-state index contributed by atoms with van der Waals surface area (Å²) in [6, 6.07) is 4.44. The number of rotatable bonds is 4. The lowest BCUT2D eigenvalue weighted by Gasteiger charge is -2.34. The Morgan fingerprint density at radius 1 is 1.55 bits per heavy atom. The molecule has 0 radical (unpaired) electrons. The second-order valence-electron chi connectivity index (χ2n) is 5.89. The third kappa shape index (κ3) is 4.18. The minimum atomic E-state index is -0.644. The summed E-state index contributed by atoms with van der Waals surface area (Å²) < 4.78 is 18.9. The van der Waals surface area contributed by atoms with Crippen molar-refractivity contribution in [2.75, 3.05) is 19.7 Å². The van der Waals surface area contributed by atoms with Gasteiger partial charge in [-0.05, 0) is 23.6 Å². The van der Waals surface area contributed by atoms with E-state index in [4.69, 9.17) is 16.3 Å². The number of halogens is 2. The van der Waals surface area contributed by atoms with Crippen LogP contribution in [0.2, 0.25) is 5.02 Å². The standard InChI is InChI=1S/C16H21ClFNO3/c1-10(2)14(20)8-16(21)19-5-6-22-15(9-19)11-3-4-13(18)12(17)7-11/h3-4,7,10,14-15,20H,5-6,8-9H2,1-2H3. The predicted molar refractivity (Wildman–Crippen MR) is 82.1 cm³/mol. The number of amides is 1. The van der Waals surface area contributed by atoms with Gasteiger partial charge in [0.05, 0.1) is 30.7 Å². The monoisotopic (exact) mass is 329 g/mol. The van der Waals surface area contributed by atoms with Crippen LogP contribution in [0.1, 0.15) is 31.9 Å². The predicted octanol–water partition coefficient (Wildman–Crippen LogP) is 2.79. The molecule has 0 spiro atoms. The molecule has 1 aliphatic heterocycles. The Morgan fingerprint density at radius 2 is 2.27 bits per heavy atom. The smallest absolute Gasteiger partial charge is 0.225 e. The van der Waals surface area contributed by atoms with Crippen molar-refractivity contribution in [2.24, 2.45) is 5.92 Å². The van der Waals surface area contributed by atoms with E-state index in [-0.39, 0.29) is 29.4 Å². The summed E-state index contributed by atoms with van der Waals surface area (Å²) in [7, 11) is 0. The van der Waals surface area contributed by atoms with Gasteiger partial charge < -0.3 is 14.7 Å². The number of aliphatic hydroxyl groups excluding tert-OH is 1. The van der Waals surface area contributed by atoms with E-state index in [2.05, 4.69) is 0 Å². The number of carbonyl (C=O) groups excluding carboxylic acids is 1. The van der Waals surface area contributed by atoms with Crippen molar-refractivity contribution in [2.45, 2.75) is 32.5 Å². The maximum absolute atomic E-state index is 13.2. The molecule has 122 valence electrons. The fourth-order valence-corrected chi connectivity index (χ4v) is 2.52. The molecule has 2 rings (SSSR count). The van der Waals surface area contributed by atoms with E-state index >= 15 is 0 Å². The molecule has 1 saturated heterocycles. The molecule has 0 bridgehead atoms. The zero-order valence-electron chi connectivity index (χ0n) is 12.8. The van der Waals surface area contributed by atoms with E-state index < -0.39 is 11.9 Å². The van der Waals surface area contributed by atoms with Gasteiger partial charge in [-0.25, -0.2) is 4.39 Å². The Bertz CT molecular complexity index is 538. The van der Waals surface area contributed by atoms with Gasteiger partial charge in [-0.3, -0.25) is 4.79 Å². The number of nitrogens with zero attached hydrogens (tertiary/aromatic N) is 1. The van der Waals surface area contributed by atoms with Gasteiger partial charge in [0.1, 0.15) is 11.9 Å². The van der Waals surface area contributed by atoms with Gasteiger partial charge in [0.2, 0.25) is 5.91 Å². The van der Waals surface area contributed by atoms with Crippen LogP contribution >= 0.6 is 11.6 Å². The van der Waals surface area contributed by atoms with Crippen LogP contribution in [-0.2, 0) is 9.53 Å². The highest BCUT2D eigenvalue weighted by atomic mass is 35.5. The van der Waals surface area contributed by atoms with Crippen LogP contribution in [0.15, 0.2) is 18.2 Å². The largest absolute Gasteiger partial charge is 0.392 e. The molecule has 1 heterocycles. The average Bonchev–Trinajstić information content (AvgIpc) is 2.50. The normalized spacial score (nSPS) is 20.3. The van der Waals surface area contributed by atoms with E-state index in [1.807, 2.05) is 13.8 Å². The van der Waals surface area contributed by atoms with Gasteiger partial charge in [-0.2, -0.15) is 0 Å². The van der Waals surface area contributed by atoms with Crippen molar-refractivity contribution in [3.05, 3.63) is 34.6 Å². The highest BCUT2D eigenvalue weighted by Gasteiger charge is 2.27. The third-order valence-corrected chi connectivity index (χ3v) is 4.18. The number of hydrogen-bond donors (Lipinski definition) is 1. The van der Waals surface area contributed by atoms with Crippen LogP contribution in [0.5, 0.6) is 0 Å². The summed E-state index contributed by atoms with van der Waals surface area (Å²) in [5, 5.41) is 9.88. The summed E-state index contributed by atoms with van der Waals surface area (Å²) in [4.78, 5) is 13.9. The number of aliphatic hydroxyl groups is 1. The van der Waals surface area contributed by atoms with Gasteiger partial charge in [-0.1, -0.05) is 31.5 Å². The maximum atomic E-state index is 13.2. The van der Waals surface area contributed by atoms with Crippen LogP contribution in [0, 0.1) is 11.7 Å². The first-order valence-corrected chi connectivity index (χ1v) is 7.78. The minimum absolute atomic E-state index is 0.0386. The van der Waals surface area contributed by atoms with Crippen molar-refractivity contribution in [1.29, 1.82) is 0 Å². The van der Waals surface area contributed by atoms with Crippen molar-refractivity contribution >= 4 is 17.5 Å². The number of ether oxygens (including phenoxy) is 1. The van der Waals surface area contributed by atoms with Gasteiger partial charge in [0.25, 0.3) is 0 Å². The molecule has 6 heteroatoms. The molecule has 4 nitrogen and oxygen atoms in total. The van der Waals surface area contributed by atoms with Crippen LogP contribution in [0.3, 0.4) is 0 Å². The number of hydrogen-bond acceptors (Lipinski definition) is 3. The lowest BCUT2D eigenvalue weighted by atomic mass is 10.0. The Balaban J connectivity index is 2.02.